The van der Waals surface area contributed by atoms with Gasteiger partial charge >= 0.3 is 12.0 Å². The van der Waals surface area contributed by atoms with Gasteiger partial charge in [-0.2, -0.15) is 0 Å². The molecule has 0 saturated carbocycles. The summed E-state index contributed by atoms with van der Waals surface area (Å²) in [6.45, 7) is 1.71. The average molecular weight is 269 g/mol. The van der Waals surface area contributed by atoms with Crippen molar-refractivity contribution in [1.82, 2.24) is 10.3 Å². The maximum absolute atomic E-state index is 11.6. The summed E-state index contributed by atoms with van der Waals surface area (Å²) >= 11 is 1.46. The third kappa shape index (κ3) is 2.79. The number of thiazole rings is 1. The van der Waals surface area contributed by atoms with Gasteiger partial charge < -0.3 is 10.4 Å². The lowest BCUT2D eigenvalue weighted by molar-refractivity contribution is -0.139. The van der Waals surface area contributed by atoms with Gasteiger partial charge in [-0.25, -0.2) is 14.6 Å². The predicted octanol–water partition coefficient (Wildman–Crippen LogP) is 1.62. The largest absolute Gasteiger partial charge is 0.480 e. The SMILES string of the molecule is CCC(NC(=O)Nc1nc2c(s1)CCC2)C(=O)O. The van der Waals surface area contributed by atoms with Crippen LogP contribution in [0.1, 0.15) is 30.3 Å². The van der Waals surface area contributed by atoms with Gasteiger partial charge in [0.1, 0.15) is 6.04 Å². The molecular formula is C11H15N3O3S. The zero-order chi connectivity index (χ0) is 13.1. The van der Waals surface area contributed by atoms with Crippen LogP contribution in [0.3, 0.4) is 0 Å². The highest BCUT2D eigenvalue weighted by molar-refractivity contribution is 7.15. The van der Waals surface area contributed by atoms with Crippen LogP contribution in [0.5, 0.6) is 0 Å². The molecule has 1 atom stereocenters. The lowest BCUT2D eigenvalue weighted by atomic mass is 10.2. The lowest BCUT2D eigenvalue weighted by Crippen LogP contribution is -2.42. The van der Waals surface area contributed by atoms with Gasteiger partial charge in [-0.05, 0) is 25.7 Å². The minimum Gasteiger partial charge on any atom is -0.480 e. The monoisotopic (exact) mass is 269 g/mol. The van der Waals surface area contributed by atoms with Crippen LogP contribution < -0.4 is 10.6 Å². The van der Waals surface area contributed by atoms with E-state index in [9.17, 15) is 9.59 Å². The molecule has 6 nitrogen and oxygen atoms in total. The summed E-state index contributed by atoms with van der Waals surface area (Å²) in [6, 6.07) is -1.38. The molecule has 0 radical (unpaired) electrons. The van der Waals surface area contributed by atoms with Gasteiger partial charge in [0.25, 0.3) is 0 Å². The highest BCUT2D eigenvalue weighted by Gasteiger charge is 2.20. The number of amides is 2. The molecule has 1 aromatic rings. The molecule has 0 aliphatic heterocycles. The van der Waals surface area contributed by atoms with E-state index in [0.29, 0.717) is 11.6 Å². The third-order valence-electron chi connectivity index (χ3n) is 2.83. The molecule has 0 bridgehead atoms. The molecule has 98 valence electrons. The van der Waals surface area contributed by atoms with Crippen LogP contribution in [0.2, 0.25) is 0 Å². The Morgan fingerprint density at radius 1 is 1.50 bits per heavy atom. The number of carbonyl (C=O) groups is 2. The van der Waals surface area contributed by atoms with Crippen LogP contribution in [0.4, 0.5) is 9.93 Å². The number of fused-ring (bicyclic) bond motifs is 1. The van der Waals surface area contributed by atoms with E-state index in [1.807, 2.05) is 0 Å². The molecule has 1 aromatic heterocycles. The fourth-order valence-electron chi connectivity index (χ4n) is 1.87. The Labute approximate surface area is 108 Å². The van der Waals surface area contributed by atoms with Crippen LogP contribution in [0, 0.1) is 0 Å². The van der Waals surface area contributed by atoms with E-state index in [4.69, 9.17) is 5.11 Å². The third-order valence-corrected chi connectivity index (χ3v) is 3.90. The summed E-state index contributed by atoms with van der Waals surface area (Å²) in [5, 5.41) is 14.3. The van der Waals surface area contributed by atoms with E-state index in [1.165, 1.54) is 16.2 Å². The van der Waals surface area contributed by atoms with Gasteiger partial charge in [-0.15, -0.1) is 11.3 Å². The second-order valence-corrected chi connectivity index (χ2v) is 5.22. The lowest BCUT2D eigenvalue weighted by Gasteiger charge is -2.11. The molecule has 1 aliphatic carbocycles. The van der Waals surface area contributed by atoms with Crippen molar-refractivity contribution >= 4 is 28.5 Å². The average Bonchev–Trinajstić information content (AvgIpc) is 2.85. The second kappa shape index (κ2) is 5.34. The number of hydrogen-bond acceptors (Lipinski definition) is 4. The Morgan fingerprint density at radius 2 is 2.28 bits per heavy atom. The molecule has 0 aromatic carbocycles. The highest BCUT2D eigenvalue weighted by atomic mass is 32.1. The van der Waals surface area contributed by atoms with E-state index >= 15 is 0 Å². The molecule has 0 saturated heterocycles. The van der Waals surface area contributed by atoms with Crippen LogP contribution in [0.15, 0.2) is 0 Å². The van der Waals surface area contributed by atoms with E-state index < -0.39 is 18.0 Å². The van der Waals surface area contributed by atoms with Crippen molar-refractivity contribution in [2.24, 2.45) is 0 Å². The molecule has 0 fully saturated rings. The first-order chi connectivity index (χ1) is 8.60. The number of carboxylic acids is 1. The van der Waals surface area contributed by atoms with Crippen molar-refractivity contribution in [3.63, 3.8) is 0 Å². The molecular weight excluding hydrogens is 254 g/mol. The summed E-state index contributed by atoms with van der Waals surface area (Å²) < 4.78 is 0. The maximum atomic E-state index is 11.6. The second-order valence-electron chi connectivity index (χ2n) is 4.14. The van der Waals surface area contributed by atoms with Crippen molar-refractivity contribution in [2.45, 2.75) is 38.6 Å². The summed E-state index contributed by atoms with van der Waals surface area (Å²) in [5.41, 5.74) is 1.06. The maximum Gasteiger partial charge on any atom is 0.326 e. The number of hydrogen-bond donors (Lipinski definition) is 3. The number of rotatable bonds is 4. The Bertz CT molecular complexity index is 451. The molecule has 1 heterocycles. The van der Waals surface area contributed by atoms with Gasteiger partial charge in [0.05, 0.1) is 5.69 Å². The normalized spacial score (nSPS) is 14.9. The summed E-state index contributed by atoms with van der Waals surface area (Å²) in [5.74, 6) is -1.03. The number of carbonyl (C=O) groups excluding carboxylic acids is 1. The van der Waals surface area contributed by atoms with Gasteiger partial charge in [-0.1, -0.05) is 6.92 Å². The molecule has 2 amide bonds. The minimum atomic E-state index is -1.03. The Hall–Kier alpha value is -1.63. The number of anilines is 1. The Balaban J connectivity index is 1.92. The van der Waals surface area contributed by atoms with Crippen LogP contribution in [0.25, 0.3) is 0 Å². The van der Waals surface area contributed by atoms with Gasteiger partial charge in [0.15, 0.2) is 5.13 Å². The van der Waals surface area contributed by atoms with Crippen LogP contribution >= 0.6 is 11.3 Å². The molecule has 0 spiro atoms. The quantitative estimate of drug-likeness (QED) is 0.774. The topological polar surface area (TPSA) is 91.3 Å². The molecule has 18 heavy (non-hydrogen) atoms. The van der Waals surface area contributed by atoms with Gasteiger partial charge in [-0.3, -0.25) is 5.32 Å². The fourth-order valence-corrected chi connectivity index (χ4v) is 2.92. The van der Waals surface area contributed by atoms with Crippen molar-refractivity contribution in [2.75, 3.05) is 5.32 Å². The van der Waals surface area contributed by atoms with Crippen LogP contribution in [-0.2, 0) is 17.6 Å². The summed E-state index contributed by atoms with van der Waals surface area (Å²) in [7, 11) is 0. The predicted molar refractivity (Wildman–Crippen MR) is 68.0 cm³/mol. The van der Waals surface area contributed by atoms with Gasteiger partial charge in [0, 0.05) is 4.88 Å². The zero-order valence-electron chi connectivity index (χ0n) is 10.0. The van der Waals surface area contributed by atoms with Crippen molar-refractivity contribution in [3.05, 3.63) is 10.6 Å². The number of aliphatic carboxylic acids is 1. The number of carboxylic acid groups (broad SMARTS) is 1. The first-order valence-corrected chi connectivity index (χ1v) is 6.70. The smallest absolute Gasteiger partial charge is 0.326 e. The van der Waals surface area contributed by atoms with E-state index in [1.54, 1.807) is 6.92 Å². The van der Waals surface area contributed by atoms with Gasteiger partial charge in [0.2, 0.25) is 0 Å². The number of aryl methyl sites for hydroxylation is 2. The van der Waals surface area contributed by atoms with Crippen molar-refractivity contribution in [3.8, 4) is 0 Å². The van der Waals surface area contributed by atoms with Crippen molar-refractivity contribution < 1.29 is 14.7 Å². The van der Waals surface area contributed by atoms with E-state index in [-0.39, 0.29) is 0 Å². The Morgan fingerprint density at radius 3 is 2.89 bits per heavy atom. The fraction of sp³-hybridized carbons (Fsp3) is 0.545. The molecule has 3 N–H and O–H groups in total. The first kappa shape index (κ1) is 12.8. The molecule has 7 heteroatoms. The molecule has 2 rings (SSSR count). The van der Waals surface area contributed by atoms with E-state index in [2.05, 4.69) is 15.6 Å². The summed E-state index contributed by atoms with van der Waals surface area (Å²) in [4.78, 5) is 27.9. The Kier molecular flexibility index (Phi) is 3.81. The number of nitrogens with zero attached hydrogens (tertiary/aromatic N) is 1. The molecule has 1 aliphatic rings. The standard InChI is InChI=1S/C11H15N3O3S/c1-2-6(9(15)16)12-10(17)14-11-13-7-4-3-5-8(7)18-11/h6H,2-5H2,1H3,(H,15,16)(H2,12,13,14,17). The zero-order valence-corrected chi connectivity index (χ0v) is 10.8. The number of nitrogens with one attached hydrogen (secondary N) is 2. The van der Waals surface area contributed by atoms with Crippen LogP contribution in [-0.4, -0.2) is 28.1 Å². The number of aromatic nitrogens is 1. The van der Waals surface area contributed by atoms with E-state index in [0.717, 1.165) is 25.0 Å². The first-order valence-electron chi connectivity index (χ1n) is 5.89. The van der Waals surface area contributed by atoms with Crippen molar-refractivity contribution in [1.29, 1.82) is 0 Å². The minimum absolute atomic E-state index is 0.344. The molecule has 1 unspecified atom stereocenters. The highest BCUT2D eigenvalue weighted by Crippen LogP contribution is 2.30. The summed E-state index contributed by atoms with van der Waals surface area (Å²) in [6.07, 6.45) is 3.44. The number of urea groups is 1.